The van der Waals surface area contributed by atoms with E-state index in [2.05, 4.69) is 25.2 Å². The molecule has 0 bridgehead atoms. The Hall–Kier alpha value is -1.25. The van der Waals surface area contributed by atoms with Gasteiger partial charge in [0.15, 0.2) is 12.6 Å². The summed E-state index contributed by atoms with van der Waals surface area (Å²) in [6, 6.07) is 0. The lowest BCUT2D eigenvalue weighted by molar-refractivity contribution is -0.193. The van der Waals surface area contributed by atoms with E-state index in [0.717, 1.165) is 71.0 Å². The van der Waals surface area contributed by atoms with Crippen LogP contribution in [0.15, 0.2) is 24.3 Å². The third-order valence-corrected chi connectivity index (χ3v) is 7.78. The van der Waals surface area contributed by atoms with Crippen LogP contribution in [0.25, 0.3) is 0 Å². The predicted octanol–water partition coefficient (Wildman–Crippen LogP) is 5.84. The molecule has 2 unspecified atom stereocenters. The first kappa shape index (κ1) is 30.3. The van der Waals surface area contributed by atoms with Crippen LogP contribution in [0.5, 0.6) is 0 Å². The third-order valence-electron chi connectivity index (χ3n) is 7.78. The number of unbranched alkanes of at least 4 members (excludes halogenated alkanes) is 2. The molecule has 0 aromatic heterocycles. The summed E-state index contributed by atoms with van der Waals surface area (Å²) >= 11 is 0. The van der Waals surface area contributed by atoms with Crippen molar-refractivity contribution in [2.24, 2.45) is 11.8 Å². The van der Waals surface area contributed by atoms with Gasteiger partial charge in [0, 0.05) is 32.0 Å². The monoisotopic (exact) mass is 522 g/mol. The van der Waals surface area contributed by atoms with Gasteiger partial charge >= 0.3 is 5.97 Å². The number of rotatable bonds is 15. The Morgan fingerprint density at radius 3 is 2.49 bits per heavy atom. The smallest absolute Gasteiger partial charge is 0.305 e. The van der Waals surface area contributed by atoms with E-state index in [1.165, 1.54) is 20.0 Å². The van der Waals surface area contributed by atoms with Crippen molar-refractivity contribution >= 4 is 5.97 Å². The summed E-state index contributed by atoms with van der Waals surface area (Å²) in [5.41, 5.74) is 0. The second-order valence-corrected chi connectivity index (χ2v) is 10.7. The highest BCUT2D eigenvalue weighted by molar-refractivity contribution is 5.69. The molecule has 3 fully saturated rings. The molecule has 2 aliphatic heterocycles. The molecule has 1 N–H and O–H groups in total. The molecule has 0 radical (unpaired) electrons. The van der Waals surface area contributed by atoms with Crippen molar-refractivity contribution in [1.82, 2.24) is 0 Å². The molecule has 7 nitrogen and oxygen atoms in total. The van der Waals surface area contributed by atoms with Gasteiger partial charge in [-0.05, 0) is 63.7 Å². The van der Waals surface area contributed by atoms with Crippen molar-refractivity contribution in [3.8, 4) is 0 Å². The van der Waals surface area contributed by atoms with Crippen LogP contribution in [0.1, 0.15) is 96.8 Å². The molecule has 1 aliphatic carbocycles. The summed E-state index contributed by atoms with van der Waals surface area (Å²) in [5.74, 6) is -0.0971. The fraction of sp³-hybridized carbons (Fsp3) is 0.833. The van der Waals surface area contributed by atoms with Crippen LogP contribution in [0, 0.1) is 11.8 Å². The Morgan fingerprint density at radius 2 is 1.81 bits per heavy atom. The number of aliphatic hydroxyl groups excluding tert-OH is 1. The molecule has 0 aromatic carbocycles. The second kappa shape index (κ2) is 17.4. The Balaban J connectivity index is 1.67. The molecular weight excluding hydrogens is 472 g/mol. The summed E-state index contributed by atoms with van der Waals surface area (Å²) in [6.07, 6.45) is 20.7. The van der Waals surface area contributed by atoms with Crippen LogP contribution >= 0.6 is 0 Å². The number of carbonyl (C=O) groups excluding carboxylic acids is 1. The predicted molar refractivity (Wildman–Crippen MR) is 143 cm³/mol. The molecule has 2 heterocycles. The van der Waals surface area contributed by atoms with Crippen molar-refractivity contribution in [1.29, 1.82) is 0 Å². The lowest BCUT2D eigenvalue weighted by Crippen LogP contribution is -2.31. The first-order valence-corrected chi connectivity index (χ1v) is 14.7. The summed E-state index contributed by atoms with van der Waals surface area (Å²) in [7, 11) is 1.41. The molecule has 3 aliphatic rings. The van der Waals surface area contributed by atoms with Gasteiger partial charge in [-0.15, -0.1) is 0 Å². The van der Waals surface area contributed by atoms with Crippen LogP contribution in [0.2, 0.25) is 0 Å². The van der Waals surface area contributed by atoms with Crippen LogP contribution in [0.4, 0.5) is 0 Å². The number of aliphatic hydroxyl groups is 1. The molecule has 3 rings (SSSR count). The normalized spacial score (nSPS) is 31.8. The van der Waals surface area contributed by atoms with Gasteiger partial charge in [0.25, 0.3) is 0 Å². The molecule has 212 valence electrons. The zero-order chi connectivity index (χ0) is 26.3. The molecule has 0 spiro atoms. The van der Waals surface area contributed by atoms with E-state index < -0.39 is 6.10 Å². The number of hydrogen-bond donors (Lipinski definition) is 1. The molecule has 1 saturated carbocycles. The molecular formula is C30H50O7. The van der Waals surface area contributed by atoms with Gasteiger partial charge < -0.3 is 28.8 Å². The highest BCUT2D eigenvalue weighted by atomic mass is 16.7. The average molecular weight is 523 g/mol. The van der Waals surface area contributed by atoms with E-state index in [-0.39, 0.29) is 42.6 Å². The van der Waals surface area contributed by atoms with Gasteiger partial charge in [-0.25, -0.2) is 0 Å². The van der Waals surface area contributed by atoms with E-state index in [4.69, 9.17) is 23.7 Å². The van der Waals surface area contributed by atoms with Gasteiger partial charge in [-0.1, -0.05) is 50.5 Å². The fourth-order valence-corrected chi connectivity index (χ4v) is 5.59. The van der Waals surface area contributed by atoms with E-state index in [1.54, 1.807) is 0 Å². The van der Waals surface area contributed by atoms with Crippen molar-refractivity contribution in [2.75, 3.05) is 20.3 Å². The van der Waals surface area contributed by atoms with Gasteiger partial charge in [0.1, 0.15) is 0 Å². The fourth-order valence-electron chi connectivity index (χ4n) is 5.59. The second-order valence-electron chi connectivity index (χ2n) is 10.7. The molecule has 0 aromatic rings. The van der Waals surface area contributed by atoms with Gasteiger partial charge in [-0.3, -0.25) is 4.79 Å². The van der Waals surface area contributed by atoms with Crippen LogP contribution in [0.3, 0.4) is 0 Å². The number of carbonyl (C=O) groups is 1. The lowest BCUT2D eigenvalue weighted by atomic mass is 9.89. The maximum atomic E-state index is 11.4. The van der Waals surface area contributed by atoms with Crippen LogP contribution < -0.4 is 0 Å². The van der Waals surface area contributed by atoms with Gasteiger partial charge in [0.2, 0.25) is 0 Å². The van der Waals surface area contributed by atoms with Crippen molar-refractivity contribution < 1.29 is 33.6 Å². The summed E-state index contributed by atoms with van der Waals surface area (Å²) in [4.78, 5) is 11.4. The van der Waals surface area contributed by atoms with Crippen molar-refractivity contribution in [3.63, 3.8) is 0 Å². The lowest BCUT2D eigenvalue weighted by Gasteiger charge is -2.30. The molecule has 0 amide bonds. The van der Waals surface area contributed by atoms with E-state index in [1.807, 2.05) is 6.08 Å². The summed E-state index contributed by atoms with van der Waals surface area (Å²) in [6.45, 7) is 3.72. The molecule has 2 saturated heterocycles. The molecule has 7 atom stereocenters. The number of methoxy groups -OCH3 is 1. The summed E-state index contributed by atoms with van der Waals surface area (Å²) in [5, 5.41) is 11.0. The van der Waals surface area contributed by atoms with E-state index in [9.17, 15) is 9.90 Å². The molecule has 7 heteroatoms. The van der Waals surface area contributed by atoms with Crippen LogP contribution in [-0.4, -0.2) is 62.3 Å². The zero-order valence-corrected chi connectivity index (χ0v) is 23.1. The van der Waals surface area contributed by atoms with Crippen LogP contribution in [-0.2, 0) is 28.5 Å². The number of allylic oxidation sites excluding steroid dienone is 2. The number of esters is 1. The van der Waals surface area contributed by atoms with Gasteiger partial charge in [0.05, 0.1) is 25.4 Å². The minimum Gasteiger partial charge on any atom is -0.469 e. The maximum absolute atomic E-state index is 11.4. The number of ether oxygens (including phenoxy) is 5. The number of hydrogen-bond acceptors (Lipinski definition) is 7. The maximum Gasteiger partial charge on any atom is 0.305 e. The average Bonchev–Trinajstić information content (AvgIpc) is 3.21. The highest BCUT2D eigenvalue weighted by Gasteiger charge is 2.42. The van der Waals surface area contributed by atoms with Crippen molar-refractivity contribution in [2.45, 2.75) is 128 Å². The van der Waals surface area contributed by atoms with Gasteiger partial charge in [-0.2, -0.15) is 0 Å². The first-order chi connectivity index (χ1) is 18.1. The zero-order valence-electron chi connectivity index (χ0n) is 23.1. The summed E-state index contributed by atoms with van der Waals surface area (Å²) < 4.78 is 29.3. The Bertz CT molecular complexity index is 681. The minimum atomic E-state index is -0.449. The Labute approximate surface area is 223 Å². The first-order valence-electron chi connectivity index (χ1n) is 14.7. The Kier molecular flexibility index (Phi) is 14.2. The topological polar surface area (TPSA) is 83.5 Å². The molecule has 37 heavy (non-hydrogen) atoms. The van der Waals surface area contributed by atoms with Crippen molar-refractivity contribution in [3.05, 3.63) is 24.3 Å². The minimum absolute atomic E-state index is 0.00442. The largest absolute Gasteiger partial charge is 0.469 e. The standard InChI is InChI=1S/C30H50O7/c1-3-4-6-13-23(36-29-16-9-11-20-34-29)18-19-25-24(14-7-5-8-15-28(32)33-2)26(31)22-27(25)37-30-17-10-12-21-35-30/h5,7,18-19,23-27,29-31H,3-4,6,8-17,20-22H2,1-2H3/t23-,24+,25+,26-,27+,29?,30?/m0/s1. The third kappa shape index (κ3) is 10.8. The Morgan fingerprint density at radius 1 is 1.05 bits per heavy atom. The highest BCUT2D eigenvalue weighted by Crippen LogP contribution is 2.39. The quantitative estimate of drug-likeness (QED) is 0.164. The van der Waals surface area contributed by atoms with E-state index >= 15 is 0 Å². The van der Waals surface area contributed by atoms with E-state index in [0.29, 0.717) is 19.3 Å². The SMILES string of the molecule is CCCCC[C@@H](C=C[C@@H]1[C@@H](CC=CCCC(=O)OC)[C@@H](O)C[C@H]1OC1CCCCO1)OC1CCCCO1.